The Morgan fingerprint density at radius 2 is 2.56 bits per heavy atom. The standard InChI is InChI=1S/C10H11ClN2O2S/c1-2-12-10(14)7-5-6(13-15-7)8-3-4-9(11)16-8/h3-4,7H,2,5H2,1H3,(H,12,14)/t7-/m1/s1. The molecule has 4 nitrogen and oxygen atoms in total. The van der Waals surface area contributed by atoms with E-state index in [4.69, 9.17) is 16.4 Å². The van der Waals surface area contributed by atoms with Gasteiger partial charge in [-0.3, -0.25) is 4.79 Å². The molecule has 16 heavy (non-hydrogen) atoms. The smallest absolute Gasteiger partial charge is 0.264 e. The molecule has 1 atom stereocenters. The molecule has 0 bridgehead atoms. The fourth-order valence-corrected chi connectivity index (χ4v) is 2.45. The summed E-state index contributed by atoms with van der Waals surface area (Å²) in [6.07, 6.45) is -0.00121. The van der Waals surface area contributed by atoms with Crippen molar-refractivity contribution in [2.24, 2.45) is 5.16 Å². The molecule has 86 valence electrons. The van der Waals surface area contributed by atoms with E-state index in [1.807, 2.05) is 19.1 Å². The monoisotopic (exact) mass is 258 g/mol. The van der Waals surface area contributed by atoms with Crippen LogP contribution in [0.2, 0.25) is 4.34 Å². The van der Waals surface area contributed by atoms with E-state index in [1.165, 1.54) is 11.3 Å². The average Bonchev–Trinajstić information content (AvgIpc) is 2.85. The van der Waals surface area contributed by atoms with Gasteiger partial charge in [-0.25, -0.2) is 0 Å². The number of halogens is 1. The van der Waals surface area contributed by atoms with Gasteiger partial charge in [0.2, 0.25) is 6.10 Å². The maximum atomic E-state index is 11.5. The summed E-state index contributed by atoms with van der Waals surface area (Å²) in [5.41, 5.74) is 0.785. The highest BCUT2D eigenvalue weighted by Crippen LogP contribution is 2.26. The van der Waals surface area contributed by atoms with Gasteiger partial charge in [-0.15, -0.1) is 11.3 Å². The zero-order chi connectivity index (χ0) is 11.5. The summed E-state index contributed by atoms with van der Waals surface area (Å²) in [7, 11) is 0. The summed E-state index contributed by atoms with van der Waals surface area (Å²) < 4.78 is 0.708. The van der Waals surface area contributed by atoms with Gasteiger partial charge >= 0.3 is 0 Å². The molecule has 0 unspecified atom stereocenters. The summed E-state index contributed by atoms with van der Waals surface area (Å²) in [5.74, 6) is -0.121. The first kappa shape index (κ1) is 11.4. The number of hydrogen-bond acceptors (Lipinski definition) is 4. The molecule has 1 aromatic heterocycles. The van der Waals surface area contributed by atoms with Gasteiger partial charge in [0.15, 0.2) is 0 Å². The largest absolute Gasteiger partial charge is 0.382 e. The normalized spacial score (nSPS) is 19.1. The summed E-state index contributed by atoms with van der Waals surface area (Å²) in [6, 6.07) is 3.69. The number of likely N-dealkylation sites (N-methyl/N-ethyl adjacent to an activating group) is 1. The van der Waals surface area contributed by atoms with Crippen LogP contribution in [0, 0.1) is 0 Å². The topological polar surface area (TPSA) is 50.7 Å². The summed E-state index contributed by atoms with van der Waals surface area (Å²) in [6.45, 7) is 2.46. The lowest BCUT2D eigenvalue weighted by Gasteiger charge is -2.06. The van der Waals surface area contributed by atoms with Crippen LogP contribution in [-0.4, -0.2) is 24.3 Å². The Balaban J connectivity index is 1.99. The Morgan fingerprint density at radius 3 is 3.19 bits per heavy atom. The van der Waals surface area contributed by atoms with Crippen LogP contribution in [-0.2, 0) is 9.63 Å². The van der Waals surface area contributed by atoms with Gasteiger partial charge in [0, 0.05) is 13.0 Å². The number of oxime groups is 1. The molecule has 0 spiro atoms. The van der Waals surface area contributed by atoms with E-state index in [-0.39, 0.29) is 5.91 Å². The van der Waals surface area contributed by atoms with Crippen LogP contribution in [0.25, 0.3) is 0 Å². The van der Waals surface area contributed by atoms with E-state index in [0.717, 1.165) is 10.6 Å². The molecule has 1 aliphatic rings. The third-order valence-corrected chi connectivity index (χ3v) is 3.45. The lowest BCUT2D eigenvalue weighted by atomic mass is 10.1. The first-order chi connectivity index (χ1) is 7.70. The van der Waals surface area contributed by atoms with E-state index in [1.54, 1.807) is 0 Å². The number of hydrogen-bond donors (Lipinski definition) is 1. The van der Waals surface area contributed by atoms with Crippen molar-refractivity contribution < 1.29 is 9.63 Å². The molecule has 2 heterocycles. The van der Waals surface area contributed by atoms with Crippen molar-refractivity contribution in [2.75, 3.05) is 6.54 Å². The van der Waals surface area contributed by atoms with Crippen LogP contribution >= 0.6 is 22.9 Å². The third kappa shape index (κ3) is 2.36. The van der Waals surface area contributed by atoms with E-state index >= 15 is 0 Å². The van der Waals surface area contributed by atoms with Crippen LogP contribution < -0.4 is 5.32 Å². The first-order valence-corrected chi connectivity index (χ1v) is 6.16. The minimum absolute atomic E-state index is 0.121. The lowest BCUT2D eigenvalue weighted by Crippen LogP contribution is -2.34. The van der Waals surface area contributed by atoms with Crippen LogP contribution in [0.4, 0.5) is 0 Å². The zero-order valence-corrected chi connectivity index (χ0v) is 10.3. The van der Waals surface area contributed by atoms with Gasteiger partial charge in [0.05, 0.1) is 9.21 Å². The number of thiophene rings is 1. The Morgan fingerprint density at radius 1 is 1.75 bits per heavy atom. The van der Waals surface area contributed by atoms with Gasteiger partial charge < -0.3 is 10.2 Å². The molecule has 1 aromatic rings. The predicted molar refractivity (Wildman–Crippen MR) is 64.0 cm³/mol. The van der Waals surface area contributed by atoms with Gasteiger partial charge in [-0.2, -0.15) is 0 Å². The Hall–Kier alpha value is -1.07. The van der Waals surface area contributed by atoms with Crippen LogP contribution in [0.1, 0.15) is 18.2 Å². The second-order valence-corrected chi connectivity index (χ2v) is 5.05. The number of carbonyl (C=O) groups excluding carboxylic acids is 1. The molecule has 1 aliphatic heterocycles. The van der Waals surface area contributed by atoms with Gasteiger partial charge in [0.25, 0.3) is 5.91 Å². The van der Waals surface area contributed by atoms with Crippen LogP contribution in [0.15, 0.2) is 17.3 Å². The Labute approximate surface area is 102 Å². The minimum atomic E-state index is -0.504. The third-order valence-electron chi connectivity index (χ3n) is 2.17. The molecular formula is C10H11ClN2O2S. The second kappa shape index (κ2) is 4.84. The summed E-state index contributed by atoms with van der Waals surface area (Å²) in [5, 5.41) is 6.62. The molecule has 0 radical (unpaired) electrons. The van der Waals surface area contributed by atoms with Gasteiger partial charge in [-0.1, -0.05) is 16.8 Å². The van der Waals surface area contributed by atoms with Gasteiger partial charge in [-0.05, 0) is 19.1 Å². The number of nitrogens with one attached hydrogen (secondary N) is 1. The molecule has 6 heteroatoms. The fourth-order valence-electron chi connectivity index (χ4n) is 1.42. The van der Waals surface area contributed by atoms with Crippen molar-refractivity contribution in [2.45, 2.75) is 19.4 Å². The van der Waals surface area contributed by atoms with Crippen molar-refractivity contribution in [1.29, 1.82) is 0 Å². The molecule has 0 saturated heterocycles. The minimum Gasteiger partial charge on any atom is -0.382 e. The van der Waals surface area contributed by atoms with Crippen molar-refractivity contribution in [3.05, 3.63) is 21.3 Å². The van der Waals surface area contributed by atoms with E-state index < -0.39 is 6.10 Å². The van der Waals surface area contributed by atoms with E-state index in [2.05, 4.69) is 10.5 Å². The Bertz CT molecular complexity index is 430. The van der Waals surface area contributed by atoms with Crippen LogP contribution in [0.3, 0.4) is 0 Å². The number of nitrogens with zero attached hydrogens (tertiary/aromatic N) is 1. The highest BCUT2D eigenvalue weighted by Gasteiger charge is 2.28. The van der Waals surface area contributed by atoms with Crippen molar-refractivity contribution >= 4 is 34.6 Å². The number of rotatable bonds is 3. The molecule has 1 amide bonds. The van der Waals surface area contributed by atoms with E-state index in [0.29, 0.717) is 17.3 Å². The zero-order valence-electron chi connectivity index (χ0n) is 8.70. The fraction of sp³-hybridized carbons (Fsp3) is 0.400. The van der Waals surface area contributed by atoms with E-state index in [9.17, 15) is 4.79 Å². The highest BCUT2D eigenvalue weighted by atomic mass is 35.5. The quantitative estimate of drug-likeness (QED) is 0.902. The van der Waals surface area contributed by atoms with Gasteiger partial charge in [0.1, 0.15) is 5.71 Å². The van der Waals surface area contributed by atoms with Crippen LogP contribution in [0.5, 0.6) is 0 Å². The Kier molecular flexibility index (Phi) is 3.46. The molecular weight excluding hydrogens is 248 g/mol. The maximum absolute atomic E-state index is 11.5. The predicted octanol–water partition coefficient (Wildman–Crippen LogP) is 2.03. The SMILES string of the molecule is CCNC(=O)[C@H]1CC(c2ccc(Cl)s2)=NO1. The molecule has 0 aromatic carbocycles. The van der Waals surface area contributed by atoms with Crippen molar-refractivity contribution in [3.63, 3.8) is 0 Å². The first-order valence-electron chi connectivity index (χ1n) is 4.97. The molecule has 2 rings (SSSR count). The van der Waals surface area contributed by atoms with Crippen molar-refractivity contribution in [3.8, 4) is 0 Å². The number of carbonyl (C=O) groups is 1. The lowest BCUT2D eigenvalue weighted by molar-refractivity contribution is -0.131. The second-order valence-electron chi connectivity index (χ2n) is 3.33. The molecule has 0 saturated carbocycles. The maximum Gasteiger partial charge on any atom is 0.264 e. The van der Waals surface area contributed by atoms with Crippen molar-refractivity contribution in [1.82, 2.24) is 5.32 Å². The summed E-state index contributed by atoms with van der Waals surface area (Å²) in [4.78, 5) is 17.5. The average molecular weight is 259 g/mol. The molecule has 0 aliphatic carbocycles. The number of amides is 1. The highest BCUT2D eigenvalue weighted by molar-refractivity contribution is 7.18. The molecule has 1 N–H and O–H groups in total. The summed E-state index contributed by atoms with van der Waals surface area (Å²) >= 11 is 7.27. The molecule has 0 fully saturated rings.